The minimum absolute atomic E-state index is 0.320. The van der Waals surface area contributed by atoms with Crippen molar-refractivity contribution in [3.8, 4) is 5.75 Å². The number of benzene rings is 1. The van der Waals surface area contributed by atoms with Gasteiger partial charge in [-0.25, -0.2) is 0 Å². The summed E-state index contributed by atoms with van der Waals surface area (Å²) in [6.07, 6.45) is -0.669. The van der Waals surface area contributed by atoms with Gasteiger partial charge >= 0.3 is 0 Å². The number of nitrogens with zero attached hydrogens (tertiary/aromatic N) is 2. The smallest absolute Gasteiger partial charge is 0.266 e. The minimum atomic E-state index is -1.08. The van der Waals surface area contributed by atoms with Gasteiger partial charge in [0.15, 0.2) is 6.10 Å². The number of aromatic nitrogens is 2. The summed E-state index contributed by atoms with van der Waals surface area (Å²) in [6, 6.07) is 7.47. The number of nitrogens with one attached hydrogen (secondary N) is 1. The van der Waals surface area contributed by atoms with E-state index in [1.807, 2.05) is 31.2 Å². The van der Waals surface area contributed by atoms with Gasteiger partial charge in [0.1, 0.15) is 16.4 Å². The van der Waals surface area contributed by atoms with Gasteiger partial charge in [-0.3, -0.25) is 10.1 Å². The monoisotopic (exact) mass is 321 g/mol. The van der Waals surface area contributed by atoms with Crippen LogP contribution in [0.15, 0.2) is 24.3 Å². The fourth-order valence-corrected chi connectivity index (χ4v) is 2.35. The Balaban J connectivity index is 1.96. The van der Waals surface area contributed by atoms with E-state index in [1.165, 1.54) is 0 Å². The van der Waals surface area contributed by atoms with Crippen molar-refractivity contribution in [1.82, 2.24) is 10.2 Å². The maximum Gasteiger partial charge on any atom is 0.266 e. The van der Waals surface area contributed by atoms with E-state index in [1.54, 1.807) is 20.8 Å². The van der Waals surface area contributed by atoms with Crippen molar-refractivity contribution in [1.29, 1.82) is 0 Å². The van der Waals surface area contributed by atoms with Crippen LogP contribution in [0.3, 0.4) is 0 Å². The van der Waals surface area contributed by atoms with Crippen molar-refractivity contribution >= 4 is 22.4 Å². The molecule has 118 valence electrons. The third-order valence-corrected chi connectivity index (χ3v) is 4.03. The highest BCUT2D eigenvalue weighted by Gasteiger charge is 2.23. The van der Waals surface area contributed by atoms with E-state index in [0.29, 0.717) is 15.9 Å². The average Bonchev–Trinajstić information content (AvgIpc) is 2.90. The summed E-state index contributed by atoms with van der Waals surface area (Å²) in [5.74, 6) is 0.307. The van der Waals surface area contributed by atoms with Crippen LogP contribution in [-0.2, 0) is 10.4 Å². The van der Waals surface area contributed by atoms with Crippen molar-refractivity contribution < 1.29 is 14.6 Å². The van der Waals surface area contributed by atoms with E-state index >= 15 is 0 Å². The molecular weight excluding hydrogens is 302 g/mol. The summed E-state index contributed by atoms with van der Waals surface area (Å²) in [5.41, 5.74) is 0.0439. The highest BCUT2D eigenvalue weighted by molar-refractivity contribution is 7.15. The Bertz CT molecular complexity index is 647. The van der Waals surface area contributed by atoms with Crippen LogP contribution in [0.1, 0.15) is 31.3 Å². The summed E-state index contributed by atoms with van der Waals surface area (Å²) in [5, 5.41) is 20.9. The zero-order valence-corrected chi connectivity index (χ0v) is 13.8. The maximum absolute atomic E-state index is 12.1. The molecule has 1 aromatic heterocycles. The van der Waals surface area contributed by atoms with E-state index in [-0.39, 0.29) is 5.91 Å². The Hall–Kier alpha value is -1.99. The molecule has 7 heteroatoms. The van der Waals surface area contributed by atoms with Gasteiger partial charge in [-0.15, -0.1) is 10.2 Å². The van der Waals surface area contributed by atoms with E-state index in [9.17, 15) is 9.90 Å². The Morgan fingerprint density at radius 1 is 1.32 bits per heavy atom. The average molecular weight is 321 g/mol. The van der Waals surface area contributed by atoms with Gasteiger partial charge in [0.05, 0.1) is 0 Å². The predicted octanol–water partition coefficient (Wildman–Crippen LogP) is 2.48. The molecule has 0 spiro atoms. The first-order valence-corrected chi connectivity index (χ1v) is 7.68. The molecule has 2 rings (SSSR count). The van der Waals surface area contributed by atoms with Gasteiger partial charge in [-0.1, -0.05) is 29.0 Å². The first-order valence-electron chi connectivity index (χ1n) is 6.86. The molecule has 2 aromatic rings. The second kappa shape index (κ2) is 6.41. The molecule has 6 nitrogen and oxygen atoms in total. The zero-order chi connectivity index (χ0) is 16.3. The highest BCUT2D eigenvalue weighted by Crippen LogP contribution is 2.26. The molecular formula is C15H19N3O3S. The molecule has 0 aliphatic rings. The quantitative estimate of drug-likeness (QED) is 0.884. The van der Waals surface area contributed by atoms with Crippen LogP contribution < -0.4 is 10.1 Å². The molecule has 1 unspecified atom stereocenters. The summed E-state index contributed by atoms with van der Waals surface area (Å²) in [7, 11) is 0. The third kappa shape index (κ3) is 4.25. The van der Waals surface area contributed by atoms with Gasteiger partial charge < -0.3 is 9.84 Å². The summed E-state index contributed by atoms with van der Waals surface area (Å²) in [4.78, 5) is 12.1. The lowest BCUT2D eigenvalue weighted by Gasteiger charge is -2.13. The van der Waals surface area contributed by atoms with E-state index < -0.39 is 11.7 Å². The number of hydrogen-bond donors (Lipinski definition) is 2. The van der Waals surface area contributed by atoms with Crippen LogP contribution in [-0.4, -0.2) is 27.3 Å². The molecule has 0 bridgehead atoms. The van der Waals surface area contributed by atoms with E-state index in [4.69, 9.17) is 4.74 Å². The lowest BCUT2D eigenvalue weighted by Crippen LogP contribution is -2.30. The highest BCUT2D eigenvalue weighted by atomic mass is 32.1. The van der Waals surface area contributed by atoms with Crippen LogP contribution in [0, 0.1) is 6.92 Å². The molecule has 0 saturated heterocycles. The molecule has 0 aliphatic heterocycles. The Morgan fingerprint density at radius 2 is 1.95 bits per heavy atom. The number of ether oxygens (including phenoxy) is 1. The van der Waals surface area contributed by atoms with Crippen LogP contribution in [0.4, 0.5) is 5.13 Å². The molecule has 1 amide bonds. The molecule has 1 aromatic carbocycles. The van der Waals surface area contributed by atoms with Crippen molar-refractivity contribution in [2.24, 2.45) is 0 Å². The SMILES string of the molecule is Cc1ccc(OC(C)C(=O)Nc2nnc(C(C)(C)O)s2)cc1. The van der Waals surface area contributed by atoms with Gasteiger partial charge in [0.2, 0.25) is 5.13 Å². The number of aryl methyl sites for hydroxylation is 1. The lowest BCUT2D eigenvalue weighted by molar-refractivity contribution is -0.122. The number of carbonyl (C=O) groups excluding carboxylic acids is 1. The van der Waals surface area contributed by atoms with E-state index in [2.05, 4.69) is 15.5 Å². The third-order valence-electron chi connectivity index (χ3n) is 2.88. The zero-order valence-electron chi connectivity index (χ0n) is 13.0. The van der Waals surface area contributed by atoms with Gasteiger partial charge in [-0.2, -0.15) is 0 Å². The fourth-order valence-electron chi connectivity index (χ4n) is 1.60. The van der Waals surface area contributed by atoms with Crippen molar-refractivity contribution in [2.45, 2.75) is 39.4 Å². The second-order valence-corrected chi connectivity index (χ2v) is 6.51. The molecule has 1 heterocycles. The first-order chi connectivity index (χ1) is 10.3. The van der Waals surface area contributed by atoms with Crippen LogP contribution in [0.5, 0.6) is 5.75 Å². The van der Waals surface area contributed by atoms with Crippen LogP contribution >= 0.6 is 11.3 Å². The standard InChI is InChI=1S/C15H19N3O3S/c1-9-5-7-11(8-6-9)21-10(2)12(19)16-14-18-17-13(22-14)15(3,4)20/h5-8,10,20H,1-4H3,(H,16,18,19). The first kappa shape index (κ1) is 16.4. The molecule has 2 N–H and O–H groups in total. The van der Waals surface area contributed by atoms with Crippen molar-refractivity contribution in [3.63, 3.8) is 0 Å². The van der Waals surface area contributed by atoms with Gasteiger partial charge in [0.25, 0.3) is 5.91 Å². The molecule has 1 atom stereocenters. The van der Waals surface area contributed by atoms with Crippen LogP contribution in [0.2, 0.25) is 0 Å². The van der Waals surface area contributed by atoms with Crippen LogP contribution in [0.25, 0.3) is 0 Å². The summed E-state index contributed by atoms with van der Waals surface area (Å²) >= 11 is 1.13. The molecule has 0 saturated carbocycles. The predicted molar refractivity (Wildman–Crippen MR) is 85.1 cm³/mol. The minimum Gasteiger partial charge on any atom is -0.481 e. The number of rotatable bonds is 5. The fraction of sp³-hybridized carbons (Fsp3) is 0.400. The Kier molecular flexibility index (Phi) is 4.77. The topological polar surface area (TPSA) is 84.3 Å². The largest absolute Gasteiger partial charge is 0.481 e. The van der Waals surface area contributed by atoms with E-state index in [0.717, 1.165) is 16.9 Å². The van der Waals surface area contributed by atoms with Gasteiger partial charge in [0, 0.05) is 0 Å². The van der Waals surface area contributed by atoms with Crippen molar-refractivity contribution in [3.05, 3.63) is 34.8 Å². The maximum atomic E-state index is 12.1. The molecule has 22 heavy (non-hydrogen) atoms. The summed E-state index contributed by atoms with van der Waals surface area (Å²) in [6.45, 7) is 6.87. The number of anilines is 1. The molecule has 0 aliphatic carbocycles. The van der Waals surface area contributed by atoms with Gasteiger partial charge in [-0.05, 0) is 39.8 Å². The van der Waals surface area contributed by atoms with Crippen molar-refractivity contribution in [2.75, 3.05) is 5.32 Å². The number of aliphatic hydroxyl groups is 1. The number of hydrogen-bond acceptors (Lipinski definition) is 6. The number of carbonyl (C=O) groups is 1. The Morgan fingerprint density at radius 3 is 2.50 bits per heavy atom. The Labute approximate surface area is 133 Å². The molecule has 0 radical (unpaired) electrons. The second-order valence-electron chi connectivity index (χ2n) is 5.53. The normalized spacial score (nSPS) is 12.8. The summed E-state index contributed by atoms with van der Waals surface area (Å²) < 4.78 is 5.57. The number of amides is 1. The lowest BCUT2D eigenvalue weighted by atomic mass is 10.2. The molecule has 0 fully saturated rings.